The van der Waals surface area contributed by atoms with E-state index >= 15 is 0 Å². The molecule has 6 heteroatoms. The molecule has 1 aromatic heterocycles. The molecule has 1 heterocycles. The third-order valence-corrected chi connectivity index (χ3v) is 5.95. The number of allylic oxidation sites excluding steroid dienone is 1. The van der Waals surface area contributed by atoms with Gasteiger partial charge >= 0.3 is 11.8 Å². The van der Waals surface area contributed by atoms with Gasteiger partial charge in [0.25, 0.3) is 0 Å². The van der Waals surface area contributed by atoms with Gasteiger partial charge in [0.1, 0.15) is 6.10 Å². The quantitative estimate of drug-likeness (QED) is 0.494. The summed E-state index contributed by atoms with van der Waals surface area (Å²) in [4.78, 5) is 25.6. The highest BCUT2D eigenvalue weighted by atomic mass is 32.1. The van der Waals surface area contributed by atoms with Crippen molar-refractivity contribution in [2.45, 2.75) is 44.8 Å². The summed E-state index contributed by atoms with van der Waals surface area (Å²) >= 11 is 1.42. The van der Waals surface area contributed by atoms with E-state index in [0.29, 0.717) is 6.54 Å². The first-order valence-electron chi connectivity index (χ1n) is 9.69. The number of benzene rings is 1. The van der Waals surface area contributed by atoms with E-state index in [9.17, 15) is 14.7 Å². The van der Waals surface area contributed by atoms with Crippen molar-refractivity contribution in [1.82, 2.24) is 10.6 Å². The van der Waals surface area contributed by atoms with Crippen molar-refractivity contribution >= 4 is 23.2 Å². The van der Waals surface area contributed by atoms with Crippen LogP contribution in [0.15, 0.2) is 54.1 Å². The highest BCUT2D eigenvalue weighted by Gasteiger charge is 2.15. The molecule has 0 bridgehead atoms. The molecule has 0 aliphatic heterocycles. The van der Waals surface area contributed by atoms with Crippen molar-refractivity contribution in [2.75, 3.05) is 6.54 Å². The molecule has 148 valence electrons. The molecule has 5 nitrogen and oxygen atoms in total. The fourth-order valence-electron chi connectivity index (χ4n) is 3.23. The smallest absolute Gasteiger partial charge is 0.309 e. The molecule has 0 radical (unpaired) electrons. The standard InChI is InChI=1S/C22H26N2O3S/c25-20(17-9-5-2-6-10-17)19-12-11-18(28-19)15-24-22(27)21(26)23-14-13-16-7-3-1-4-8-16/h2,5-7,9-12,20,25H,1,3-4,8,13-15H2,(H,23,26)(H,24,27). The summed E-state index contributed by atoms with van der Waals surface area (Å²) in [6.07, 6.45) is 7.03. The summed E-state index contributed by atoms with van der Waals surface area (Å²) in [5.74, 6) is -1.23. The lowest BCUT2D eigenvalue weighted by Crippen LogP contribution is -2.39. The van der Waals surface area contributed by atoms with Crippen LogP contribution in [0, 0.1) is 0 Å². The topological polar surface area (TPSA) is 78.4 Å². The van der Waals surface area contributed by atoms with E-state index in [0.717, 1.165) is 34.6 Å². The monoisotopic (exact) mass is 398 g/mol. The van der Waals surface area contributed by atoms with E-state index in [-0.39, 0.29) is 6.54 Å². The Kier molecular flexibility index (Phi) is 7.39. The number of thiophene rings is 1. The molecule has 0 fully saturated rings. The van der Waals surface area contributed by atoms with Crippen LogP contribution in [-0.2, 0) is 16.1 Å². The molecule has 1 unspecified atom stereocenters. The molecule has 0 saturated carbocycles. The molecule has 1 aromatic carbocycles. The molecule has 3 rings (SSSR count). The lowest BCUT2D eigenvalue weighted by Gasteiger charge is -2.12. The average Bonchev–Trinajstić information content (AvgIpc) is 3.22. The van der Waals surface area contributed by atoms with E-state index in [1.54, 1.807) is 0 Å². The molecule has 1 aliphatic rings. The predicted octanol–water partition coefficient (Wildman–Crippen LogP) is 3.45. The molecule has 1 aliphatic carbocycles. The number of rotatable bonds is 7. The Labute approximate surface area is 169 Å². The number of aliphatic hydroxyl groups excluding tert-OH is 1. The number of hydrogen-bond donors (Lipinski definition) is 3. The molecule has 0 spiro atoms. The third kappa shape index (κ3) is 5.78. The van der Waals surface area contributed by atoms with Crippen molar-refractivity contribution in [2.24, 2.45) is 0 Å². The summed E-state index contributed by atoms with van der Waals surface area (Å²) in [5.41, 5.74) is 2.20. The minimum Gasteiger partial charge on any atom is -0.383 e. The molecule has 2 aromatic rings. The van der Waals surface area contributed by atoms with Crippen LogP contribution in [0.2, 0.25) is 0 Å². The minimum atomic E-state index is -0.687. The fourth-order valence-corrected chi connectivity index (χ4v) is 4.20. The Hall–Kier alpha value is -2.44. The lowest BCUT2D eigenvalue weighted by atomic mass is 9.97. The number of carbonyl (C=O) groups excluding carboxylic acids is 2. The highest BCUT2D eigenvalue weighted by molar-refractivity contribution is 7.12. The van der Waals surface area contributed by atoms with Gasteiger partial charge in [0.05, 0.1) is 6.54 Å². The SMILES string of the molecule is O=C(NCCC1=CCCCC1)C(=O)NCc1ccc(C(O)c2ccccc2)s1. The average molecular weight is 399 g/mol. The number of aliphatic hydroxyl groups is 1. The Bertz CT molecular complexity index is 829. The van der Waals surface area contributed by atoms with Crippen LogP contribution in [0.1, 0.15) is 53.5 Å². The van der Waals surface area contributed by atoms with Gasteiger partial charge in [0.2, 0.25) is 0 Å². The molecule has 0 saturated heterocycles. The van der Waals surface area contributed by atoms with E-state index < -0.39 is 17.9 Å². The van der Waals surface area contributed by atoms with Crippen LogP contribution in [0.4, 0.5) is 0 Å². The van der Waals surface area contributed by atoms with Gasteiger partial charge in [-0.2, -0.15) is 0 Å². The van der Waals surface area contributed by atoms with Gasteiger partial charge in [-0.05, 0) is 49.8 Å². The lowest BCUT2D eigenvalue weighted by molar-refractivity contribution is -0.139. The zero-order valence-electron chi connectivity index (χ0n) is 15.8. The summed E-state index contributed by atoms with van der Waals surface area (Å²) in [6.45, 7) is 0.758. The number of nitrogens with one attached hydrogen (secondary N) is 2. The number of amides is 2. The van der Waals surface area contributed by atoms with Gasteiger partial charge in [-0.25, -0.2) is 0 Å². The van der Waals surface area contributed by atoms with Gasteiger partial charge in [-0.15, -0.1) is 11.3 Å². The van der Waals surface area contributed by atoms with Crippen molar-refractivity contribution in [3.05, 3.63) is 69.4 Å². The van der Waals surface area contributed by atoms with Gasteiger partial charge in [0, 0.05) is 16.3 Å². The Morgan fingerprint density at radius 3 is 2.57 bits per heavy atom. The maximum atomic E-state index is 12.0. The molecule has 3 N–H and O–H groups in total. The predicted molar refractivity (Wildman–Crippen MR) is 111 cm³/mol. The minimum absolute atomic E-state index is 0.267. The Morgan fingerprint density at radius 2 is 1.82 bits per heavy atom. The molecule has 2 amide bonds. The van der Waals surface area contributed by atoms with Crippen LogP contribution in [0.3, 0.4) is 0 Å². The molecular formula is C22H26N2O3S. The van der Waals surface area contributed by atoms with Gasteiger partial charge < -0.3 is 15.7 Å². The van der Waals surface area contributed by atoms with E-state index in [4.69, 9.17) is 0 Å². The van der Waals surface area contributed by atoms with Crippen LogP contribution in [0.25, 0.3) is 0 Å². The number of hydrogen-bond acceptors (Lipinski definition) is 4. The van der Waals surface area contributed by atoms with Crippen LogP contribution in [0.5, 0.6) is 0 Å². The fraction of sp³-hybridized carbons (Fsp3) is 0.364. The summed E-state index contributed by atoms with van der Waals surface area (Å²) < 4.78 is 0. The maximum absolute atomic E-state index is 12.0. The summed E-state index contributed by atoms with van der Waals surface area (Å²) in [7, 11) is 0. The Morgan fingerprint density at radius 1 is 1.04 bits per heavy atom. The largest absolute Gasteiger partial charge is 0.383 e. The normalized spacial score (nSPS) is 14.8. The Balaban J connectivity index is 1.42. The first-order valence-corrected chi connectivity index (χ1v) is 10.5. The molecular weight excluding hydrogens is 372 g/mol. The van der Waals surface area contributed by atoms with E-state index in [1.165, 1.54) is 29.8 Å². The third-order valence-electron chi connectivity index (χ3n) is 4.81. The van der Waals surface area contributed by atoms with Crippen molar-refractivity contribution in [3.63, 3.8) is 0 Å². The first-order chi connectivity index (χ1) is 13.6. The number of carbonyl (C=O) groups is 2. The maximum Gasteiger partial charge on any atom is 0.309 e. The summed E-state index contributed by atoms with van der Waals surface area (Å²) in [6, 6.07) is 13.1. The van der Waals surface area contributed by atoms with Gasteiger partial charge in [-0.3, -0.25) is 9.59 Å². The molecule has 1 atom stereocenters. The van der Waals surface area contributed by atoms with Crippen LogP contribution >= 0.6 is 11.3 Å². The highest BCUT2D eigenvalue weighted by Crippen LogP contribution is 2.28. The summed E-state index contributed by atoms with van der Waals surface area (Å²) in [5, 5.41) is 15.8. The van der Waals surface area contributed by atoms with Gasteiger partial charge in [-0.1, -0.05) is 42.0 Å². The van der Waals surface area contributed by atoms with Crippen molar-refractivity contribution in [3.8, 4) is 0 Å². The van der Waals surface area contributed by atoms with Gasteiger partial charge in [0.15, 0.2) is 0 Å². The zero-order chi connectivity index (χ0) is 19.8. The van der Waals surface area contributed by atoms with Crippen molar-refractivity contribution < 1.29 is 14.7 Å². The van der Waals surface area contributed by atoms with Crippen molar-refractivity contribution in [1.29, 1.82) is 0 Å². The van der Waals surface area contributed by atoms with E-state index in [1.807, 2.05) is 42.5 Å². The zero-order valence-corrected chi connectivity index (χ0v) is 16.6. The van der Waals surface area contributed by atoms with Crippen LogP contribution < -0.4 is 10.6 Å². The second-order valence-corrected chi connectivity index (χ2v) is 8.11. The first kappa shape index (κ1) is 20.3. The van der Waals surface area contributed by atoms with E-state index in [2.05, 4.69) is 16.7 Å². The second-order valence-electron chi connectivity index (χ2n) is 6.91. The second kappa shape index (κ2) is 10.2. The molecule has 28 heavy (non-hydrogen) atoms. The van der Waals surface area contributed by atoms with Crippen LogP contribution in [-0.4, -0.2) is 23.5 Å².